The van der Waals surface area contributed by atoms with Crippen LogP contribution in [-0.4, -0.2) is 14.9 Å². The average Bonchev–Trinajstić information content (AvgIpc) is 2.90. The Morgan fingerprint density at radius 1 is 1.26 bits per heavy atom. The van der Waals surface area contributed by atoms with E-state index >= 15 is 0 Å². The van der Waals surface area contributed by atoms with E-state index in [9.17, 15) is 0 Å². The SMILES string of the molecule is Cc1noc(C)c1CNCc1cnn(C(C)(C)C)c1. The maximum atomic E-state index is 5.14. The van der Waals surface area contributed by atoms with E-state index in [0.29, 0.717) is 0 Å². The molecule has 0 aromatic carbocycles. The molecule has 0 fully saturated rings. The fraction of sp³-hybridized carbons (Fsp3) is 0.571. The Morgan fingerprint density at radius 3 is 2.53 bits per heavy atom. The smallest absolute Gasteiger partial charge is 0.138 e. The summed E-state index contributed by atoms with van der Waals surface area (Å²) in [4.78, 5) is 0. The zero-order valence-corrected chi connectivity index (χ0v) is 12.3. The van der Waals surface area contributed by atoms with Crippen LogP contribution in [0, 0.1) is 13.8 Å². The molecule has 0 bridgehead atoms. The van der Waals surface area contributed by atoms with Gasteiger partial charge in [-0.05, 0) is 34.6 Å². The van der Waals surface area contributed by atoms with Crippen molar-refractivity contribution in [1.82, 2.24) is 20.3 Å². The molecule has 2 aromatic heterocycles. The van der Waals surface area contributed by atoms with Gasteiger partial charge in [0.05, 0.1) is 17.4 Å². The van der Waals surface area contributed by atoms with Crippen LogP contribution in [0.15, 0.2) is 16.9 Å². The second-order valence-electron chi connectivity index (χ2n) is 5.87. The summed E-state index contributed by atoms with van der Waals surface area (Å²) in [7, 11) is 0. The zero-order chi connectivity index (χ0) is 14.0. The molecular formula is C14H22N4O. The van der Waals surface area contributed by atoms with Crippen molar-refractivity contribution in [1.29, 1.82) is 0 Å². The first kappa shape index (κ1) is 13.8. The molecular weight excluding hydrogens is 240 g/mol. The Bertz CT molecular complexity index is 529. The van der Waals surface area contributed by atoms with Gasteiger partial charge >= 0.3 is 0 Å². The molecule has 5 heteroatoms. The first-order valence-electron chi connectivity index (χ1n) is 6.54. The highest BCUT2D eigenvalue weighted by atomic mass is 16.5. The monoisotopic (exact) mass is 262 g/mol. The van der Waals surface area contributed by atoms with Crippen molar-refractivity contribution in [2.75, 3.05) is 0 Å². The molecule has 0 aliphatic heterocycles. The van der Waals surface area contributed by atoms with E-state index in [4.69, 9.17) is 4.52 Å². The van der Waals surface area contributed by atoms with Crippen molar-refractivity contribution < 1.29 is 4.52 Å². The number of aromatic nitrogens is 3. The molecule has 1 N–H and O–H groups in total. The number of hydrogen-bond acceptors (Lipinski definition) is 4. The molecule has 2 heterocycles. The minimum absolute atomic E-state index is 0.0277. The van der Waals surface area contributed by atoms with Gasteiger partial charge in [0, 0.05) is 30.4 Å². The third-order valence-electron chi connectivity index (χ3n) is 3.14. The largest absolute Gasteiger partial charge is 0.361 e. The van der Waals surface area contributed by atoms with Crippen molar-refractivity contribution in [2.24, 2.45) is 0 Å². The van der Waals surface area contributed by atoms with Crippen LogP contribution in [0.2, 0.25) is 0 Å². The van der Waals surface area contributed by atoms with E-state index in [1.807, 2.05) is 24.7 Å². The van der Waals surface area contributed by atoms with Gasteiger partial charge in [-0.1, -0.05) is 5.16 Å². The van der Waals surface area contributed by atoms with Gasteiger partial charge in [-0.25, -0.2) is 0 Å². The number of hydrogen-bond donors (Lipinski definition) is 1. The molecule has 0 radical (unpaired) electrons. The molecule has 0 aliphatic rings. The van der Waals surface area contributed by atoms with Gasteiger partial charge < -0.3 is 9.84 Å². The zero-order valence-electron chi connectivity index (χ0n) is 12.3. The van der Waals surface area contributed by atoms with Crippen LogP contribution < -0.4 is 5.32 Å². The fourth-order valence-corrected chi connectivity index (χ4v) is 1.90. The lowest BCUT2D eigenvalue weighted by atomic mass is 10.1. The normalized spacial score (nSPS) is 12.1. The van der Waals surface area contributed by atoms with Crippen molar-refractivity contribution in [3.05, 3.63) is 35.0 Å². The van der Waals surface area contributed by atoms with Gasteiger partial charge in [-0.3, -0.25) is 4.68 Å². The standard InChI is InChI=1S/C14H22N4O/c1-10-13(11(2)19-17-10)8-15-6-12-7-16-18(9-12)14(3,4)5/h7,9,15H,6,8H2,1-5H3. The van der Waals surface area contributed by atoms with Crippen LogP contribution in [0.25, 0.3) is 0 Å². The summed E-state index contributed by atoms with van der Waals surface area (Å²) in [6.07, 6.45) is 3.99. The summed E-state index contributed by atoms with van der Waals surface area (Å²) >= 11 is 0. The fourth-order valence-electron chi connectivity index (χ4n) is 1.90. The summed E-state index contributed by atoms with van der Waals surface area (Å²) in [5.41, 5.74) is 3.31. The lowest BCUT2D eigenvalue weighted by Crippen LogP contribution is -2.22. The van der Waals surface area contributed by atoms with Gasteiger partial charge in [0.1, 0.15) is 5.76 Å². The molecule has 5 nitrogen and oxygen atoms in total. The number of nitrogens with zero attached hydrogens (tertiary/aromatic N) is 3. The van der Waals surface area contributed by atoms with Gasteiger partial charge in [0.25, 0.3) is 0 Å². The van der Waals surface area contributed by atoms with Gasteiger partial charge in [-0.15, -0.1) is 0 Å². The average molecular weight is 262 g/mol. The molecule has 0 atom stereocenters. The van der Waals surface area contributed by atoms with Crippen LogP contribution in [-0.2, 0) is 18.6 Å². The molecule has 0 saturated carbocycles. The third-order valence-corrected chi connectivity index (χ3v) is 3.14. The molecule has 0 saturated heterocycles. The van der Waals surface area contributed by atoms with Crippen molar-refractivity contribution >= 4 is 0 Å². The highest BCUT2D eigenvalue weighted by Crippen LogP contribution is 2.14. The summed E-state index contributed by atoms with van der Waals surface area (Å²) in [5.74, 6) is 0.885. The van der Waals surface area contributed by atoms with Crippen molar-refractivity contribution in [2.45, 2.75) is 53.2 Å². The number of rotatable bonds is 4. The maximum absolute atomic E-state index is 5.14. The molecule has 0 aliphatic carbocycles. The van der Waals surface area contributed by atoms with E-state index in [2.05, 4.69) is 42.5 Å². The molecule has 104 valence electrons. The van der Waals surface area contributed by atoms with E-state index in [-0.39, 0.29) is 5.54 Å². The number of nitrogens with one attached hydrogen (secondary N) is 1. The highest BCUT2D eigenvalue weighted by molar-refractivity contribution is 5.20. The predicted molar refractivity (Wildman–Crippen MR) is 73.7 cm³/mol. The van der Waals surface area contributed by atoms with Crippen LogP contribution in [0.3, 0.4) is 0 Å². The van der Waals surface area contributed by atoms with E-state index < -0.39 is 0 Å². The van der Waals surface area contributed by atoms with Crippen LogP contribution in [0.5, 0.6) is 0 Å². The Labute approximate surface area is 114 Å². The summed E-state index contributed by atoms with van der Waals surface area (Å²) in [6.45, 7) is 11.9. The first-order valence-corrected chi connectivity index (χ1v) is 6.54. The summed E-state index contributed by atoms with van der Waals surface area (Å²) < 4.78 is 7.13. The van der Waals surface area contributed by atoms with E-state index in [1.54, 1.807) is 0 Å². The van der Waals surface area contributed by atoms with Crippen LogP contribution >= 0.6 is 0 Å². The topological polar surface area (TPSA) is 55.9 Å². The molecule has 0 unspecified atom stereocenters. The predicted octanol–water partition coefficient (Wildman–Crippen LogP) is 2.53. The van der Waals surface area contributed by atoms with Gasteiger partial charge in [0.15, 0.2) is 0 Å². The molecule has 0 amide bonds. The van der Waals surface area contributed by atoms with E-state index in [1.165, 1.54) is 5.56 Å². The highest BCUT2D eigenvalue weighted by Gasteiger charge is 2.14. The van der Waals surface area contributed by atoms with Crippen molar-refractivity contribution in [3.8, 4) is 0 Å². The second kappa shape index (κ2) is 5.17. The van der Waals surface area contributed by atoms with E-state index in [0.717, 1.165) is 30.1 Å². The Balaban J connectivity index is 1.91. The lowest BCUT2D eigenvalue weighted by Gasteiger charge is -2.18. The second-order valence-corrected chi connectivity index (χ2v) is 5.87. The van der Waals surface area contributed by atoms with Gasteiger partial charge in [0.2, 0.25) is 0 Å². The maximum Gasteiger partial charge on any atom is 0.138 e. The Morgan fingerprint density at radius 2 is 2.00 bits per heavy atom. The minimum atomic E-state index is 0.0277. The quantitative estimate of drug-likeness (QED) is 0.920. The van der Waals surface area contributed by atoms with Crippen molar-refractivity contribution in [3.63, 3.8) is 0 Å². The summed E-state index contributed by atoms with van der Waals surface area (Å²) in [5, 5.41) is 11.7. The van der Waals surface area contributed by atoms with Gasteiger partial charge in [-0.2, -0.15) is 5.10 Å². The number of aryl methyl sites for hydroxylation is 2. The summed E-state index contributed by atoms with van der Waals surface area (Å²) in [6, 6.07) is 0. The first-order chi connectivity index (χ1) is 8.88. The molecule has 19 heavy (non-hydrogen) atoms. The Kier molecular flexibility index (Phi) is 3.75. The van der Waals surface area contributed by atoms with Crippen LogP contribution in [0.1, 0.15) is 43.4 Å². The Hall–Kier alpha value is -1.62. The third kappa shape index (κ3) is 3.23. The van der Waals surface area contributed by atoms with Crippen LogP contribution in [0.4, 0.5) is 0 Å². The molecule has 2 aromatic rings. The molecule has 0 spiro atoms. The lowest BCUT2D eigenvalue weighted by molar-refractivity contribution is 0.355. The minimum Gasteiger partial charge on any atom is -0.361 e. The molecule has 2 rings (SSSR count).